The van der Waals surface area contributed by atoms with Gasteiger partial charge in [0.25, 0.3) is 0 Å². The lowest BCUT2D eigenvalue weighted by Crippen LogP contribution is -2.43. The molecule has 2 heteroatoms. The molecule has 2 fully saturated rings. The third kappa shape index (κ3) is 3.96. The zero-order valence-corrected chi connectivity index (χ0v) is 11.8. The summed E-state index contributed by atoms with van der Waals surface area (Å²) in [6.07, 6.45) is 9.87. The first-order chi connectivity index (χ1) is 8.29. The van der Waals surface area contributed by atoms with Crippen LogP contribution in [0.4, 0.5) is 0 Å². The van der Waals surface area contributed by atoms with Crippen LogP contribution in [-0.2, 0) is 0 Å². The van der Waals surface area contributed by atoms with Gasteiger partial charge in [-0.25, -0.2) is 0 Å². The molecule has 0 amide bonds. The van der Waals surface area contributed by atoms with Crippen molar-refractivity contribution in [1.29, 1.82) is 0 Å². The summed E-state index contributed by atoms with van der Waals surface area (Å²) < 4.78 is 0. The van der Waals surface area contributed by atoms with Crippen LogP contribution in [-0.4, -0.2) is 36.6 Å². The molecule has 2 aliphatic rings. The number of hydrogen-bond acceptors (Lipinski definition) is 2. The smallest absolute Gasteiger partial charge is 0.00952 e. The van der Waals surface area contributed by atoms with E-state index in [0.29, 0.717) is 0 Å². The fourth-order valence-electron chi connectivity index (χ4n) is 3.51. The zero-order valence-electron chi connectivity index (χ0n) is 11.8. The molecule has 100 valence electrons. The number of nitrogens with zero attached hydrogens (tertiary/aromatic N) is 1. The van der Waals surface area contributed by atoms with Crippen LogP contribution in [0, 0.1) is 5.92 Å². The monoisotopic (exact) mass is 238 g/mol. The molecule has 1 heterocycles. The van der Waals surface area contributed by atoms with E-state index in [1.165, 1.54) is 64.6 Å². The van der Waals surface area contributed by atoms with Gasteiger partial charge >= 0.3 is 0 Å². The van der Waals surface area contributed by atoms with Crippen molar-refractivity contribution in [1.82, 2.24) is 10.2 Å². The average molecular weight is 238 g/mol. The molecule has 0 aromatic carbocycles. The van der Waals surface area contributed by atoms with Crippen LogP contribution in [0.5, 0.6) is 0 Å². The first kappa shape index (κ1) is 13.4. The quantitative estimate of drug-likeness (QED) is 0.813. The Morgan fingerprint density at radius 3 is 2.59 bits per heavy atom. The lowest BCUT2D eigenvalue weighted by molar-refractivity contribution is 0.246. The Balaban J connectivity index is 1.77. The molecule has 0 aromatic heterocycles. The second-order valence-electron chi connectivity index (χ2n) is 6.10. The van der Waals surface area contributed by atoms with Crippen LogP contribution in [0.15, 0.2) is 0 Å². The van der Waals surface area contributed by atoms with Crippen molar-refractivity contribution in [3.05, 3.63) is 0 Å². The maximum absolute atomic E-state index is 3.97. The number of nitrogens with one attached hydrogen (secondary N) is 1. The van der Waals surface area contributed by atoms with Crippen molar-refractivity contribution < 1.29 is 0 Å². The third-order valence-corrected chi connectivity index (χ3v) is 4.83. The van der Waals surface area contributed by atoms with E-state index in [4.69, 9.17) is 0 Å². The van der Waals surface area contributed by atoms with Crippen LogP contribution < -0.4 is 5.32 Å². The largest absolute Gasteiger partial charge is 0.311 e. The van der Waals surface area contributed by atoms with Gasteiger partial charge in [0.2, 0.25) is 0 Å². The Morgan fingerprint density at radius 2 is 1.82 bits per heavy atom. The second-order valence-corrected chi connectivity index (χ2v) is 6.10. The molecule has 0 bridgehead atoms. The van der Waals surface area contributed by atoms with E-state index in [0.717, 1.165) is 18.0 Å². The minimum atomic E-state index is 0.789. The van der Waals surface area contributed by atoms with Gasteiger partial charge in [0.15, 0.2) is 0 Å². The van der Waals surface area contributed by atoms with Gasteiger partial charge in [-0.2, -0.15) is 0 Å². The second kappa shape index (κ2) is 6.75. The molecular formula is C15H30N2. The molecular weight excluding hydrogens is 208 g/mol. The first-order valence-electron chi connectivity index (χ1n) is 7.78. The van der Waals surface area contributed by atoms with Gasteiger partial charge < -0.3 is 10.2 Å². The molecule has 1 aliphatic heterocycles. The zero-order chi connectivity index (χ0) is 12.1. The molecule has 3 atom stereocenters. The highest BCUT2D eigenvalue weighted by atomic mass is 15.1. The van der Waals surface area contributed by atoms with Gasteiger partial charge in [-0.1, -0.05) is 26.7 Å². The minimum absolute atomic E-state index is 0.789. The maximum Gasteiger partial charge on any atom is 0.00952 e. The molecule has 1 aliphatic carbocycles. The molecule has 1 N–H and O–H groups in total. The van der Waals surface area contributed by atoms with Crippen LogP contribution in [0.3, 0.4) is 0 Å². The van der Waals surface area contributed by atoms with Crippen molar-refractivity contribution >= 4 is 0 Å². The fourth-order valence-corrected chi connectivity index (χ4v) is 3.51. The number of rotatable bonds is 3. The van der Waals surface area contributed by atoms with E-state index >= 15 is 0 Å². The van der Waals surface area contributed by atoms with Gasteiger partial charge in [0.05, 0.1) is 0 Å². The normalized spacial score (nSPS) is 36.7. The first-order valence-corrected chi connectivity index (χ1v) is 7.78. The Hall–Kier alpha value is -0.0800. The average Bonchev–Trinajstić information content (AvgIpc) is 2.57. The summed E-state index contributed by atoms with van der Waals surface area (Å²) in [5, 5.41) is 3.97. The number of hydrogen-bond donors (Lipinski definition) is 1. The Kier molecular flexibility index (Phi) is 5.30. The van der Waals surface area contributed by atoms with Crippen molar-refractivity contribution in [2.45, 2.75) is 70.9 Å². The lowest BCUT2D eigenvalue weighted by atomic mass is 9.85. The van der Waals surface area contributed by atoms with E-state index in [9.17, 15) is 0 Å². The van der Waals surface area contributed by atoms with Crippen molar-refractivity contribution in [3.8, 4) is 0 Å². The Labute approximate surface area is 107 Å². The third-order valence-electron chi connectivity index (χ3n) is 4.83. The molecule has 1 saturated heterocycles. The van der Waals surface area contributed by atoms with Crippen LogP contribution in [0.25, 0.3) is 0 Å². The van der Waals surface area contributed by atoms with Crippen LogP contribution in [0.1, 0.15) is 58.8 Å². The maximum atomic E-state index is 3.97. The van der Waals surface area contributed by atoms with Gasteiger partial charge in [-0.15, -0.1) is 0 Å². The highest BCUT2D eigenvalue weighted by Crippen LogP contribution is 2.25. The minimum Gasteiger partial charge on any atom is -0.311 e. The van der Waals surface area contributed by atoms with Crippen molar-refractivity contribution in [2.75, 3.05) is 19.6 Å². The molecule has 2 rings (SSSR count). The van der Waals surface area contributed by atoms with Crippen molar-refractivity contribution in [2.24, 2.45) is 5.92 Å². The van der Waals surface area contributed by atoms with E-state index in [1.807, 2.05) is 0 Å². The molecule has 0 aromatic rings. The van der Waals surface area contributed by atoms with E-state index in [2.05, 4.69) is 24.1 Å². The predicted molar refractivity (Wildman–Crippen MR) is 74.3 cm³/mol. The summed E-state index contributed by atoms with van der Waals surface area (Å²) in [5.41, 5.74) is 0. The SMILES string of the molecule is CCN1CCCC(NC2CCCCC2C)CC1. The molecule has 1 saturated carbocycles. The summed E-state index contributed by atoms with van der Waals surface area (Å²) in [5.74, 6) is 0.897. The fraction of sp³-hybridized carbons (Fsp3) is 1.00. The van der Waals surface area contributed by atoms with E-state index in [1.54, 1.807) is 0 Å². The lowest BCUT2D eigenvalue weighted by Gasteiger charge is -2.33. The van der Waals surface area contributed by atoms with Crippen LogP contribution >= 0.6 is 0 Å². The molecule has 0 radical (unpaired) electrons. The van der Waals surface area contributed by atoms with E-state index in [-0.39, 0.29) is 0 Å². The molecule has 3 unspecified atom stereocenters. The number of likely N-dealkylation sites (tertiary alicyclic amines) is 1. The summed E-state index contributed by atoms with van der Waals surface area (Å²) in [7, 11) is 0. The molecule has 17 heavy (non-hydrogen) atoms. The van der Waals surface area contributed by atoms with Gasteiger partial charge in [-0.3, -0.25) is 0 Å². The van der Waals surface area contributed by atoms with Gasteiger partial charge in [0, 0.05) is 12.1 Å². The highest BCUT2D eigenvalue weighted by molar-refractivity contribution is 4.83. The molecule has 2 nitrogen and oxygen atoms in total. The van der Waals surface area contributed by atoms with Gasteiger partial charge in [0.1, 0.15) is 0 Å². The van der Waals surface area contributed by atoms with Gasteiger partial charge in [-0.05, 0) is 57.7 Å². The highest BCUT2D eigenvalue weighted by Gasteiger charge is 2.24. The molecule has 0 spiro atoms. The Bertz CT molecular complexity index is 217. The Morgan fingerprint density at radius 1 is 1.00 bits per heavy atom. The van der Waals surface area contributed by atoms with Crippen LogP contribution in [0.2, 0.25) is 0 Å². The summed E-state index contributed by atoms with van der Waals surface area (Å²) in [6, 6.07) is 1.60. The standard InChI is InChI=1S/C15H30N2/c1-3-17-11-6-8-14(10-12-17)16-15-9-5-4-7-13(15)2/h13-16H,3-12H2,1-2H3. The van der Waals surface area contributed by atoms with Crippen molar-refractivity contribution in [3.63, 3.8) is 0 Å². The topological polar surface area (TPSA) is 15.3 Å². The predicted octanol–water partition coefficient (Wildman–Crippen LogP) is 3.03. The summed E-state index contributed by atoms with van der Waals surface area (Å²) >= 11 is 0. The van der Waals surface area contributed by atoms with E-state index < -0.39 is 0 Å². The summed E-state index contributed by atoms with van der Waals surface area (Å²) in [4.78, 5) is 2.60. The summed E-state index contributed by atoms with van der Waals surface area (Å²) in [6.45, 7) is 8.57.